The summed E-state index contributed by atoms with van der Waals surface area (Å²) < 4.78 is 6.85. The van der Waals surface area contributed by atoms with E-state index in [-0.39, 0.29) is 17.8 Å². The molecule has 0 N–H and O–H groups in total. The van der Waals surface area contributed by atoms with Crippen LogP contribution in [0, 0.1) is 5.92 Å². The second-order valence-electron chi connectivity index (χ2n) is 6.56. The van der Waals surface area contributed by atoms with Crippen molar-refractivity contribution < 1.29 is 14.3 Å². The molecule has 0 spiro atoms. The molecule has 1 unspecified atom stereocenters. The number of amides is 1. The molecule has 144 valence electrons. The SMILES string of the molecule is CCOC(=O)C1CCCN(C(=O)c2cnn(-c3ccccc3Cl)c2CC)C1. The molecule has 1 saturated heterocycles. The summed E-state index contributed by atoms with van der Waals surface area (Å²) in [4.78, 5) is 26.9. The number of ether oxygens (including phenoxy) is 1. The molecule has 6 nitrogen and oxygen atoms in total. The van der Waals surface area contributed by atoms with Gasteiger partial charge < -0.3 is 9.64 Å². The van der Waals surface area contributed by atoms with Crippen LogP contribution in [-0.4, -0.2) is 46.3 Å². The average Bonchev–Trinajstić information content (AvgIpc) is 3.11. The Hall–Kier alpha value is -2.34. The first kappa shape index (κ1) is 19.4. The Labute approximate surface area is 164 Å². The predicted octanol–water partition coefficient (Wildman–Crippen LogP) is 3.50. The number of esters is 1. The van der Waals surface area contributed by atoms with Crippen molar-refractivity contribution in [2.75, 3.05) is 19.7 Å². The van der Waals surface area contributed by atoms with Crippen LogP contribution in [0.2, 0.25) is 5.02 Å². The second-order valence-corrected chi connectivity index (χ2v) is 6.97. The maximum Gasteiger partial charge on any atom is 0.310 e. The van der Waals surface area contributed by atoms with Gasteiger partial charge in [0.1, 0.15) is 0 Å². The van der Waals surface area contributed by atoms with Crippen molar-refractivity contribution >= 4 is 23.5 Å². The van der Waals surface area contributed by atoms with E-state index in [9.17, 15) is 9.59 Å². The van der Waals surface area contributed by atoms with Gasteiger partial charge in [-0.25, -0.2) is 4.68 Å². The molecule has 3 rings (SSSR count). The summed E-state index contributed by atoms with van der Waals surface area (Å²) in [5.74, 6) is -0.581. The van der Waals surface area contributed by atoms with Gasteiger partial charge in [-0.3, -0.25) is 9.59 Å². The molecule has 1 aliphatic heterocycles. The lowest BCUT2D eigenvalue weighted by atomic mass is 9.97. The van der Waals surface area contributed by atoms with E-state index in [0.29, 0.717) is 36.7 Å². The van der Waals surface area contributed by atoms with Crippen molar-refractivity contribution in [1.82, 2.24) is 14.7 Å². The normalized spacial score (nSPS) is 17.0. The van der Waals surface area contributed by atoms with Crippen LogP contribution in [0.5, 0.6) is 0 Å². The lowest BCUT2D eigenvalue weighted by Crippen LogP contribution is -2.43. The van der Waals surface area contributed by atoms with Crippen molar-refractivity contribution in [2.24, 2.45) is 5.92 Å². The van der Waals surface area contributed by atoms with Gasteiger partial charge >= 0.3 is 5.97 Å². The number of benzene rings is 1. The van der Waals surface area contributed by atoms with Crippen molar-refractivity contribution in [3.05, 3.63) is 46.7 Å². The summed E-state index contributed by atoms with van der Waals surface area (Å²) in [6, 6.07) is 7.42. The number of rotatable bonds is 5. The smallest absolute Gasteiger partial charge is 0.310 e. The zero-order valence-electron chi connectivity index (χ0n) is 15.7. The quantitative estimate of drug-likeness (QED) is 0.734. The number of piperidine rings is 1. The minimum absolute atomic E-state index is 0.0980. The highest BCUT2D eigenvalue weighted by molar-refractivity contribution is 6.32. The van der Waals surface area contributed by atoms with Crippen molar-refractivity contribution in [1.29, 1.82) is 0 Å². The topological polar surface area (TPSA) is 64.4 Å². The summed E-state index contributed by atoms with van der Waals surface area (Å²) in [6.07, 6.45) is 3.78. The van der Waals surface area contributed by atoms with Gasteiger partial charge in [0, 0.05) is 13.1 Å². The highest BCUT2D eigenvalue weighted by Crippen LogP contribution is 2.25. The van der Waals surface area contributed by atoms with Crippen LogP contribution in [0.25, 0.3) is 5.69 Å². The fourth-order valence-corrected chi connectivity index (χ4v) is 3.72. The van der Waals surface area contributed by atoms with Gasteiger partial charge in [0.25, 0.3) is 5.91 Å². The van der Waals surface area contributed by atoms with Crippen molar-refractivity contribution in [2.45, 2.75) is 33.1 Å². The van der Waals surface area contributed by atoms with Gasteiger partial charge in [0.15, 0.2) is 0 Å². The van der Waals surface area contributed by atoms with E-state index in [1.54, 1.807) is 28.8 Å². The monoisotopic (exact) mass is 389 g/mol. The van der Waals surface area contributed by atoms with Crippen LogP contribution >= 0.6 is 11.6 Å². The number of para-hydroxylation sites is 1. The molecule has 1 aliphatic rings. The van der Waals surface area contributed by atoms with Crippen molar-refractivity contribution in [3.8, 4) is 5.69 Å². The number of nitrogens with zero attached hydrogens (tertiary/aromatic N) is 3. The number of aromatic nitrogens is 2. The summed E-state index contributed by atoms with van der Waals surface area (Å²) in [5, 5.41) is 4.99. The van der Waals surface area contributed by atoms with E-state index in [1.165, 1.54) is 0 Å². The first-order chi connectivity index (χ1) is 13.1. The molecule has 7 heteroatoms. The molecule has 1 atom stereocenters. The maximum atomic E-state index is 13.1. The Morgan fingerprint density at radius 2 is 2.07 bits per heavy atom. The highest BCUT2D eigenvalue weighted by Gasteiger charge is 2.31. The first-order valence-corrected chi connectivity index (χ1v) is 9.72. The average molecular weight is 390 g/mol. The molecule has 0 aliphatic carbocycles. The second kappa shape index (κ2) is 8.57. The number of hydrogen-bond donors (Lipinski definition) is 0. The minimum atomic E-state index is -0.258. The summed E-state index contributed by atoms with van der Waals surface area (Å²) >= 11 is 6.30. The molecule has 2 heterocycles. The van der Waals surface area contributed by atoms with E-state index >= 15 is 0 Å². The van der Waals surface area contributed by atoms with Gasteiger partial charge in [0.2, 0.25) is 0 Å². The van der Waals surface area contributed by atoms with Crippen LogP contribution in [0.1, 0.15) is 42.7 Å². The zero-order chi connectivity index (χ0) is 19.4. The molecule has 1 fully saturated rings. The fraction of sp³-hybridized carbons (Fsp3) is 0.450. The van der Waals surface area contributed by atoms with Gasteiger partial charge in [-0.05, 0) is 38.3 Å². The van der Waals surface area contributed by atoms with E-state index in [1.807, 2.05) is 25.1 Å². The minimum Gasteiger partial charge on any atom is -0.466 e. The molecule has 0 saturated carbocycles. The summed E-state index contributed by atoms with van der Waals surface area (Å²) in [7, 11) is 0. The van der Waals surface area contributed by atoms with Crippen molar-refractivity contribution in [3.63, 3.8) is 0 Å². The Morgan fingerprint density at radius 3 is 2.78 bits per heavy atom. The van der Waals surface area contributed by atoms with E-state index < -0.39 is 0 Å². The number of likely N-dealkylation sites (tertiary alicyclic amines) is 1. The highest BCUT2D eigenvalue weighted by atomic mass is 35.5. The fourth-order valence-electron chi connectivity index (χ4n) is 3.51. The standard InChI is InChI=1S/C20H24ClN3O3/c1-3-17-15(12-22-24(17)18-10-6-5-9-16(18)21)19(25)23-11-7-8-14(13-23)20(26)27-4-2/h5-6,9-10,12,14H,3-4,7-8,11,13H2,1-2H3. The molecule has 0 bridgehead atoms. The lowest BCUT2D eigenvalue weighted by molar-refractivity contribution is -0.149. The van der Waals surface area contributed by atoms with E-state index in [2.05, 4.69) is 5.10 Å². The molecular weight excluding hydrogens is 366 g/mol. The van der Waals surface area contributed by atoms with Crippen LogP contribution in [0.15, 0.2) is 30.5 Å². The van der Waals surface area contributed by atoms with Crippen LogP contribution < -0.4 is 0 Å². The number of hydrogen-bond acceptors (Lipinski definition) is 4. The third-order valence-electron chi connectivity index (χ3n) is 4.84. The van der Waals surface area contributed by atoms with Gasteiger partial charge in [-0.1, -0.05) is 30.7 Å². The van der Waals surface area contributed by atoms with Crippen LogP contribution in [-0.2, 0) is 16.0 Å². The largest absolute Gasteiger partial charge is 0.466 e. The molecule has 1 amide bonds. The van der Waals surface area contributed by atoms with Crippen LogP contribution in [0.4, 0.5) is 0 Å². The van der Waals surface area contributed by atoms with E-state index in [4.69, 9.17) is 16.3 Å². The number of halogens is 1. The lowest BCUT2D eigenvalue weighted by Gasteiger charge is -2.31. The molecule has 27 heavy (non-hydrogen) atoms. The molecule has 0 radical (unpaired) electrons. The molecule has 1 aromatic heterocycles. The van der Waals surface area contributed by atoms with E-state index in [0.717, 1.165) is 24.2 Å². The Morgan fingerprint density at radius 1 is 1.30 bits per heavy atom. The first-order valence-electron chi connectivity index (χ1n) is 9.34. The molecular formula is C20H24ClN3O3. The number of carbonyl (C=O) groups excluding carboxylic acids is 2. The summed E-state index contributed by atoms with van der Waals surface area (Å²) in [6.45, 7) is 5.15. The van der Waals surface area contributed by atoms with Gasteiger partial charge in [0.05, 0.1) is 40.7 Å². The third kappa shape index (κ3) is 4.00. The maximum absolute atomic E-state index is 13.1. The molecule has 2 aromatic rings. The number of carbonyl (C=O) groups is 2. The predicted molar refractivity (Wildman–Crippen MR) is 103 cm³/mol. The Kier molecular flexibility index (Phi) is 6.16. The third-order valence-corrected chi connectivity index (χ3v) is 5.16. The Balaban J connectivity index is 1.85. The van der Waals surface area contributed by atoms with Gasteiger partial charge in [-0.2, -0.15) is 5.10 Å². The molecule has 1 aromatic carbocycles. The summed E-state index contributed by atoms with van der Waals surface area (Å²) in [5.41, 5.74) is 2.12. The Bertz CT molecular complexity index is 834. The zero-order valence-corrected chi connectivity index (χ0v) is 16.4. The van der Waals surface area contributed by atoms with Crippen LogP contribution in [0.3, 0.4) is 0 Å². The van der Waals surface area contributed by atoms with Gasteiger partial charge in [-0.15, -0.1) is 0 Å².